The van der Waals surface area contributed by atoms with Crippen LogP contribution in [-0.2, 0) is 4.79 Å². The number of carbonyl (C=O) groups excluding carboxylic acids is 1. The molecule has 1 atom stereocenters. The molecule has 0 aromatic carbocycles. The Hall–Kier alpha value is -0.610. The highest BCUT2D eigenvalue weighted by atomic mass is 16.3. The maximum absolute atomic E-state index is 11.9. The standard InChI is InChI=1S/C11H22N2O2/c1-11(2,3)4-8(5-12)10(15)13-6-9(14)7-13/h8-9,14H,4-7,12H2,1-3H3. The second-order valence-electron chi connectivity index (χ2n) is 5.59. The van der Waals surface area contributed by atoms with E-state index in [0.29, 0.717) is 19.6 Å². The summed E-state index contributed by atoms with van der Waals surface area (Å²) in [5.41, 5.74) is 5.74. The Kier molecular flexibility index (Phi) is 3.73. The Morgan fingerprint density at radius 1 is 1.53 bits per heavy atom. The van der Waals surface area contributed by atoms with E-state index in [9.17, 15) is 4.79 Å². The van der Waals surface area contributed by atoms with E-state index in [1.165, 1.54) is 0 Å². The number of nitrogens with zero attached hydrogens (tertiary/aromatic N) is 1. The summed E-state index contributed by atoms with van der Waals surface area (Å²) in [6, 6.07) is 0. The quantitative estimate of drug-likeness (QED) is 0.705. The van der Waals surface area contributed by atoms with Crippen molar-refractivity contribution in [3.05, 3.63) is 0 Å². The number of aliphatic hydroxyl groups is 1. The normalized spacial score (nSPS) is 19.9. The lowest BCUT2D eigenvalue weighted by Crippen LogP contribution is -2.56. The number of aliphatic hydroxyl groups excluding tert-OH is 1. The van der Waals surface area contributed by atoms with Gasteiger partial charge >= 0.3 is 0 Å². The zero-order valence-electron chi connectivity index (χ0n) is 9.86. The molecule has 0 aliphatic carbocycles. The van der Waals surface area contributed by atoms with Crippen LogP contribution in [0, 0.1) is 11.3 Å². The Morgan fingerprint density at radius 2 is 2.07 bits per heavy atom. The summed E-state index contributed by atoms with van der Waals surface area (Å²) in [6.45, 7) is 7.65. The molecule has 1 saturated heterocycles. The molecule has 0 saturated carbocycles. The number of hydrogen-bond donors (Lipinski definition) is 2. The number of nitrogens with two attached hydrogens (primary N) is 1. The Balaban J connectivity index is 2.48. The molecule has 0 radical (unpaired) electrons. The van der Waals surface area contributed by atoms with Crippen molar-refractivity contribution in [1.29, 1.82) is 0 Å². The van der Waals surface area contributed by atoms with Crippen LogP contribution in [0.15, 0.2) is 0 Å². The molecule has 1 fully saturated rings. The first-order chi connectivity index (χ1) is 6.83. The molecular weight excluding hydrogens is 192 g/mol. The molecule has 88 valence electrons. The largest absolute Gasteiger partial charge is 0.389 e. The smallest absolute Gasteiger partial charge is 0.227 e. The summed E-state index contributed by atoms with van der Waals surface area (Å²) in [5.74, 6) is -0.00442. The molecule has 1 rings (SSSR count). The highest BCUT2D eigenvalue weighted by Crippen LogP contribution is 2.26. The first-order valence-electron chi connectivity index (χ1n) is 5.50. The minimum Gasteiger partial charge on any atom is -0.389 e. The molecule has 0 aromatic heterocycles. The molecule has 0 aromatic rings. The van der Waals surface area contributed by atoms with Gasteiger partial charge in [0.15, 0.2) is 0 Å². The number of β-amino-alcohol motifs (C(OH)–C–C–N with tert-alkyl or cyclic N) is 1. The van der Waals surface area contributed by atoms with Crippen LogP contribution in [0.25, 0.3) is 0 Å². The monoisotopic (exact) mass is 214 g/mol. The zero-order chi connectivity index (χ0) is 11.6. The van der Waals surface area contributed by atoms with Crippen LogP contribution >= 0.6 is 0 Å². The highest BCUT2D eigenvalue weighted by Gasteiger charge is 2.34. The molecular formula is C11H22N2O2. The van der Waals surface area contributed by atoms with Crippen molar-refractivity contribution in [2.45, 2.75) is 33.3 Å². The fourth-order valence-electron chi connectivity index (χ4n) is 1.90. The van der Waals surface area contributed by atoms with Gasteiger partial charge < -0.3 is 15.7 Å². The van der Waals surface area contributed by atoms with E-state index in [2.05, 4.69) is 20.8 Å². The van der Waals surface area contributed by atoms with Crippen LogP contribution in [0.1, 0.15) is 27.2 Å². The van der Waals surface area contributed by atoms with Crippen LogP contribution in [0.4, 0.5) is 0 Å². The van der Waals surface area contributed by atoms with Crippen molar-refractivity contribution in [1.82, 2.24) is 4.90 Å². The number of rotatable bonds is 3. The van der Waals surface area contributed by atoms with Crippen LogP contribution < -0.4 is 5.73 Å². The number of carbonyl (C=O) groups is 1. The molecule has 3 N–H and O–H groups in total. The molecule has 1 heterocycles. The van der Waals surface area contributed by atoms with Gasteiger partial charge in [0.2, 0.25) is 5.91 Å². The van der Waals surface area contributed by atoms with E-state index < -0.39 is 0 Å². The summed E-state index contributed by atoms with van der Waals surface area (Å²) < 4.78 is 0. The van der Waals surface area contributed by atoms with Gasteiger partial charge in [-0.15, -0.1) is 0 Å². The fraction of sp³-hybridized carbons (Fsp3) is 0.909. The van der Waals surface area contributed by atoms with E-state index in [4.69, 9.17) is 10.8 Å². The summed E-state index contributed by atoms with van der Waals surface area (Å²) in [4.78, 5) is 13.6. The van der Waals surface area contributed by atoms with Gasteiger partial charge in [-0.25, -0.2) is 0 Å². The van der Waals surface area contributed by atoms with Crippen molar-refractivity contribution >= 4 is 5.91 Å². The lowest BCUT2D eigenvalue weighted by Gasteiger charge is -2.39. The molecule has 4 heteroatoms. The lowest BCUT2D eigenvalue weighted by atomic mass is 9.83. The maximum atomic E-state index is 11.9. The number of likely N-dealkylation sites (tertiary alicyclic amines) is 1. The molecule has 15 heavy (non-hydrogen) atoms. The van der Waals surface area contributed by atoms with Gasteiger partial charge in [0.25, 0.3) is 0 Å². The maximum Gasteiger partial charge on any atom is 0.227 e. The van der Waals surface area contributed by atoms with Crippen LogP contribution in [-0.4, -0.2) is 41.7 Å². The van der Waals surface area contributed by atoms with Crippen molar-refractivity contribution in [2.24, 2.45) is 17.1 Å². The van der Waals surface area contributed by atoms with Gasteiger partial charge in [-0.3, -0.25) is 4.79 Å². The predicted octanol–water partition coefficient (Wildman–Crippen LogP) is 0.201. The summed E-state index contributed by atoms with van der Waals surface area (Å²) >= 11 is 0. The van der Waals surface area contributed by atoms with E-state index in [1.807, 2.05) is 0 Å². The third kappa shape index (κ3) is 3.47. The average molecular weight is 214 g/mol. The van der Waals surface area contributed by atoms with Crippen LogP contribution in [0.5, 0.6) is 0 Å². The summed E-state index contributed by atoms with van der Waals surface area (Å²) in [7, 11) is 0. The first kappa shape index (κ1) is 12.5. The third-order valence-electron chi connectivity index (χ3n) is 2.67. The Morgan fingerprint density at radius 3 is 2.40 bits per heavy atom. The van der Waals surface area contributed by atoms with Gasteiger partial charge in [0.1, 0.15) is 0 Å². The van der Waals surface area contributed by atoms with Gasteiger partial charge in [-0.05, 0) is 11.8 Å². The molecule has 1 unspecified atom stereocenters. The van der Waals surface area contributed by atoms with Crippen molar-refractivity contribution in [2.75, 3.05) is 19.6 Å². The molecule has 0 spiro atoms. The second-order valence-corrected chi connectivity index (χ2v) is 5.59. The van der Waals surface area contributed by atoms with Gasteiger partial charge in [-0.2, -0.15) is 0 Å². The van der Waals surface area contributed by atoms with E-state index >= 15 is 0 Å². The first-order valence-corrected chi connectivity index (χ1v) is 5.50. The number of hydrogen-bond acceptors (Lipinski definition) is 3. The van der Waals surface area contributed by atoms with Gasteiger partial charge in [0, 0.05) is 19.6 Å². The summed E-state index contributed by atoms with van der Waals surface area (Å²) in [6.07, 6.45) is 0.469. The minimum atomic E-state index is -0.331. The van der Waals surface area contributed by atoms with Gasteiger partial charge in [-0.1, -0.05) is 20.8 Å². The van der Waals surface area contributed by atoms with E-state index in [-0.39, 0.29) is 23.3 Å². The minimum absolute atomic E-state index is 0.0951. The van der Waals surface area contributed by atoms with Crippen molar-refractivity contribution in [3.8, 4) is 0 Å². The zero-order valence-corrected chi connectivity index (χ0v) is 9.86. The van der Waals surface area contributed by atoms with E-state index in [0.717, 1.165) is 6.42 Å². The number of amides is 1. The SMILES string of the molecule is CC(C)(C)CC(CN)C(=O)N1CC(O)C1. The molecule has 1 aliphatic heterocycles. The topological polar surface area (TPSA) is 66.6 Å². The van der Waals surface area contributed by atoms with Crippen LogP contribution in [0.3, 0.4) is 0 Å². The van der Waals surface area contributed by atoms with Crippen LogP contribution in [0.2, 0.25) is 0 Å². The molecule has 4 nitrogen and oxygen atoms in total. The molecule has 1 aliphatic rings. The summed E-state index contributed by atoms with van der Waals surface area (Å²) in [5, 5.41) is 9.13. The molecule has 0 bridgehead atoms. The Bertz CT molecular complexity index is 229. The van der Waals surface area contributed by atoms with Crippen molar-refractivity contribution in [3.63, 3.8) is 0 Å². The third-order valence-corrected chi connectivity index (χ3v) is 2.67. The average Bonchev–Trinajstić information content (AvgIpc) is 2.06. The second kappa shape index (κ2) is 4.49. The lowest BCUT2D eigenvalue weighted by molar-refractivity contribution is -0.146. The Labute approximate surface area is 91.4 Å². The van der Waals surface area contributed by atoms with Gasteiger partial charge in [0.05, 0.1) is 12.0 Å². The molecule has 1 amide bonds. The predicted molar refractivity (Wildman–Crippen MR) is 59.2 cm³/mol. The van der Waals surface area contributed by atoms with E-state index in [1.54, 1.807) is 4.90 Å². The highest BCUT2D eigenvalue weighted by molar-refractivity contribution is 5.80. The fourth-order valence-corrected chi connectivity index (χ4v) is 1.90. The van der Waals surface area contributed by atoms with Crippen molar-refractivity contribution < 1.29 is 9.90 Å².